The van der Waals surface area contributed by atoms with Gasteiger partial charge in [0, 0.05) is 12.6 Å². The molecule has 3 heteroatoms. The van der Waals surface area contributed by atoms with E-state index < -0.39 is 0 Å². The zero-order valence-corrected chi connectivity index (χ0v) is 7.58. The topological polar surface area (TPSA) is 43.7 Å². The number of likely N-dealkylation sites (tertiary alicyclic amines) is 1. The lowest BCUT2D eigenvalue weighted by molar-refractivity contribution is 0.154. The molecule has 0 aromatic heterocycles. The fraction of sp³-hybridized carbons (Fsp3) is 1.00. The van der Waals surface area contributed by atoms with Gasteiger partial charge in [-0.3, -0.25) is 4.90 Å². The number of hydrogen-bond donors (Lipinski definition) is 2. The van der Waals surface area contributed by atoms with E-state index in [2.05, 4.69) is 4.90 Å². The molecule has 0 spiro atoms. The van der Waals surface area contributed by atoms with Gasteiger partial charge in [0.05, 0.1) is 6.61 Å². The maximum Gasteiger partial charge on any atom is 0.0586 e. The third-order valence-electron chi connectivity index (χ3n) is 2.56. The molecule has 0 unspecified atom stereocenters. The summed E-state index contributed by atoms with van der Waals surface area (Å²) in [6.45, 7) is 2.74. The van der Waals surface area contributed by atoms with Crippen molar-refractivity contribution in [1.29, 1.82) is 0 Å². The lowest BCUT2D eigenvalue weighted by Gasteiger charge is -2.22. The van der Waals surface area contributed by atoms with E-state index >= 15 is 0 Å². The molecule has 0 aromatic carbocycles. The Labute approximate surface area is 74.0 Å². The molecule has 3 nitrogen and oxygen atoms in total. The van der Waals surface area contributed by atoms with Gasteiger partial charge in [-0.25, -0.2) is 0 Å². The molecule has 1 saturated heterocycles. The van der Waals surface area contributed by atoms with E-state index in [-0.39, 0.29) is 6.61 Å². The van der Waals surface area contributed by atoms with Gasteiger partial charge in [-0.05, 0) is 38.8 Å². The Bertz CT molecular complexity index is 119. The van der Waals surface area contributed by atoms with Crippen molar-refractivity contribution in [3.63, 3.8) is 0 Å². The Balaban J connectivity index is 2.12. The first-order valence-electron chi connectivity index (χ1n) is 4.84. The first kappa shape index (κ1) is 9.96. The molecular weight excluding hydrogens is 154 g/mol. The highest BCUT2D eigenvalue weighted by Crippen LogP contribution is 2.16. The molecule has 12 heavy (non-hydrogen) atoms. The third-order valence-corrected chi connectivity index (χ3v) is 2.56. The summed E-state index contributed by atoms with van der Waals surface area (Å²) in [6.07, 6.45) is 4.28. The third kappa shape index (κ3) is 2.73. The quantitative estimate of drug-likeness (QED) is 0.584. The molecule has 72 valence electrons. The lowest BCUT2D eigenvalue weighted by Crippen LogP contribution is -2.33. The summed E-state index contributed by atoms with van der Waals surface area (Å²) < 4.78 is 0. The predicted molar refractivity (Wildman–Crippen MR) is 48.0 cm³/mol. The van der Waals surface area contributed by atoms with E-state index in [0.717, 1.165) is 32.4 Å². The Morgan fingerprint density at radius 1 is 1.25 bits per heavy atom. The number of nitrogens with zero attached hydrogens (tertiary/aromatic N) is 1. The van der Waals surface area contributed by atoms with E-state index in [4.69, 9.17) is 10.2 Å². The van der Waals surface area contributed by atoms with Crippen LogP contribution in [0.1, 0.15) is 25.7 Å². The SMILES string of the molecule is OCCCCN1CCC[C@@H]1CO. The maximum atomic E-state index is 9.00. The van der Waals surface area contributed by atoms with Crippen LogP contribution in [0.5, 0.6) is 0 Å². The zero-order chi connectivity index (χ0) is 8.81. The molecule has 0 bridgehead atoms. The Kier molecular flexibility index (Phi) is 4.58. The molecule has 1 heterocycles. The lowest BCUT2D eigenvalue weighted by atomic mass is 10.2. The van der Waals surface area contributed by atoms with Crippen molar-refractivity contribution >= 4 is 0 Å². The summed E-state index contributed by atoms with van der Waals surface area (Å²) in [5.41, 5.74) is 0. The second-order valence-electron chi connectivity index (χ2n) is 3.45. The van der Waals surface area contributed by atoms with Gasteiger partial charge in [0.2, 0.25) is 0 Å². The van der Waals surface area contributed by atoms with Gasteiger partial charge in [0.1, 0.15) is 0 Å². The fourth-order valence-electron chi connectivity index (χ4n) is 1.82. The van der Waals surface area contributed by atoms with E-state index in [0.29, 0.717) is 12.6 Å². The number of hydrogen-bond acceptors (Lipinski definition) is 3. The summed E-state index contributed by atoms with van der Waals surface area (Å²) in [6, 6.07) is 0.392. The molecule has 1 aliphatic rings. The van der Waals surface area contributed by atoms with Crippen LogP contribution in [-0.2, 0) is 0 Å². The standard InChI is InChI=1S/C9H19NO2/c11-7-2-1-5-10-6-3-4-9(10)8-12/h9,11-12H,1-8H2/t9-/m1/s1. The van der Waals surface area contributed by atoms with E-state index in [1.807, 2.05) is 0 Å². The average Bonchev–Trinajstić information content (AvgIpc) is 2.52. The number of aliphatic hydroxyl groups is 2. The molecule has 0 radical (unpaired) electrons. The predicted octanol–water partition coefficient (Wildman–Crippen LogP) is 0.216. The van der Waals surface area contributed by atoms with Crippen LogP contribution in [0.15, 0.2) is 0 Å². The Hall–Kier alpha value is -0.120. The van der Waals surface area contributed by atoms with Crippen LogP contribution < -0.4 is 0 Å². The molecule has 0 amide bonds. The van der Waals surface area contributed by atoms with Gasteiger partial charge < -0.3 is 10.2 Å². The minimum Gasteiger partial charge on any atom is -0.396 e. The minimum absolute atomic E-state index is 0.289. The summed E-state index contributed by atoms with van der Waals surface area (Å²) in [5, 5.41) is 17.6. The summed E-state index contributed by atoms with van der Waals surface area (Å²) in [7, 11) is 0. The maximum absolute atomic E-state index is 9.00. The fourth-order valence-corrected chi connectivity index (χ4v) is 1.82. The Morgan fingerprint density at radius 2 is 2.08 bits per heavy atom. The first-order valence-corrected chi connectivity index (χ1v) is 4.84. The van der Waals surface area contributed by atoms with Crippen LogP contribution in [-0.4, -0.2) is 47.5 Å². The minimum atomic E-state index is 0.289. The van der Waals surface area contributed by atoms with E-state index in [1.165, 1.54) is 6.42 Å². The molecular formula is C9H19NO2. The molecule has 0 aliphatic carbocycles. The van der Waals surface area contributed by atoms with Crippen molar-refractivity contribution in [3.8, 4) is 0 Å². The normalized spacial score (nSPS) is 25.0. The zero-order valence-electron chi connectivity index (χ0n) is 7.58. The van der Waals surface area contributed by atoms with Crippen LogP contribution in [0.25, 0.3) is 0 Å². The van der Waals surface area contributed by atoms with Crippen molar-refractivity contribution in [2.45, 2.75) is 31.7 Å². The second kappa shape index (κ2) is 5.51. The van der Waals surface area contributed by atoms with Crippen LogP contribution >= 0.6 is 0 Å². The van der Waals surface area contributed by atoms with Gasteiger partial charge in [-0.1, -0.05) is 0 Å². The molecule has 1 fully saturated rings. The van der Waals surface area contributed by atoms with Crippen molar-refractivity contribution in [2.75, 3.05) is 26.3 Å². The van der Waals surface area contributed by atoms with Gasteiger partial charge in [0.25, 0.3) is 0 Å². The monoisotopic (exact) mass is 173 g/mol. The van der Waals surface area contributed by atoms with E-state index in [9.17, 15) is 0 Å². The molecule has 2 N–H and O–H groups in total. The van der Waals surface area contributed by atoms with Gasteiger partial charge in [-0.2, -0.15) is 0 Å². The smallest absolute Gasteiger partial charge is 0.0586 e. The first-order chi connectivity index (χ1) is 5.88. The second-order valence-corrected chi connectivity index (χ2v) is 3.45. The van der Waals surface area contributed by atoms with Crippen molar-refractivity contribution in [1.82, 2.24) is 4.90 Å². The van der Waals surface area contributed by atoms with Crippen LogP contribution in [0, 0.1) is 0 Å². The molecule has 0 saturated carbocycles. The Morgan fingerprint density at radius 3 is 2.75 bits per heavy atom. The average molecular weight is 173 g/mol. The highest BCUT2D eigenvalue weighted by Gasteiger charge is 2.22. The van der Waals surface area contributed by atoms with Gasteiger partial charge >= 0.3 is 0 Å². The largest absolute Gasteiger partial charge is 0.396 e. The highest BCUT2D eigenvalue weighted by atomic mass is 16.3. The van der Waals surface area contributed by atoms with Crippen molar-refractivity contribution in [2.24, 2.45) is 0 Å². The van der Waals surface area contributed by atoms with Gasteiger partial charge in [-0.15, -0.1) is 0 Å². The van der Waals surface area contributed by atoms with Gasteiger partial charge in [0.15, 0.2) is 0 Å². The molecule has 1 rings (SSSR count). The molecule has 1 atom stereocenters. The number of aliphatic hydroxyl groups excluding tert-OH is 2. The number of rotatable bonds is 5. The van der Waals surface area contributed by atoms with Crippen LogP contribution in [0.4, 0.5) is 0 Å². The van der Waals surface area contributed by atoms with Crippen molar-refractivity contribution in [3.05, 3.63) is 0 Å². The van der Waals surface area contributed by atoms with Crippen LogP contribution in [0.2, 0.25) is 0 Å². The molecule has 1 aliphatic heterocycles. The number of unbranched alkanes of at least 4 members (excludes halogenated alkanes) is 1. The van der Waals surface area contributed by atoms with E-state index in [1.54, 1.807) is 0 Å². The summed E-state index contributed by atoms with van der Waals surface area (Å²) >= 11 is 0. The summed E-state index contributed by atoms with van der Waals surface area (Å²) in [4.78, 5) is 2.33. The van der Waals surface area contributed by atoms with Crippen LogP contribution in [0.3, 0.4) is 0 Å². The highest BCUT2D eigenvalue weighted by molar-refractivity contribution is 4.77. The van der Waals surface area contributed by atoms with Crippen molar-refractivity contribution < 1.29 is 10.2 Å². The summed E-state index contributed by atoms with van der Waals surface area (Å²) in [5.74, 6) is 0. The molecule has 0 aromatic rings.